The zero-order valence-corrected chi connectivity index (χ0v) is 43.2. The molecule has 0 spiro atoms. The Morgan fingerprint density at radius 1 is 0.765 bits per heavy atom. The Bertz CT molecular complexity index is 772. The van der Waals surface area contributed by atoms with Gasteiger partial charge in [-0.1, -0.05) is 61.5 Å². The van der Waals surface area contributed by atoms with Crippen molar-refractivity contribution in [1.82, 2.24) is 5.32 Å². The smallest absolute Gasteiger partial charge is 0.463 e. The number of carbonyl (C=O) groups excluding carboxylic acids is 3. The number of Topliss-reactive ketones (excluding diaryl/α,β-unsaturated/α-hetero) is 1. The molecule has 13 heteroatoms. The fourth-order valence-electron chi connectivity index (χ4n) is 2.46. The van der Waals surface area contributed by atoms with E-state index in [-0.39, 0.29) is 68.4 Å². The van der Waals surface area contributed by atoms with Gasteiger partial charge in [0.1, 0.15) is 0 Å². The van der Waals surface area contributed by atoms with Gasteiger partial charge in [-0.3, -0.25) is 9.59 Å². The molecule has 0 aliphatic heterocycles. The number of methoxy groups -OCH3 is 1. The summed E-state index contributed by atoms with van der Waals surface area (Å²) < 4.78 is 14.8. The molecule has 0 saturated heterocycles. The SMILES string of the molecule is C.C.CC.CCC(C)C/C(C)=C/S.CCCC(=O)/C(C)=C/S.CCOC(=O)/C(C)=C/S.CNC(C)=O.COC.C[Si](C)(C)O[Si](C)(C)C.[CH3-].[CH3-].[W+2]. The molecule has 0 radical (unpaired) electrons. The Morgan fingerprint density at radius 3 is 1.27 bits per heavy atom. The minimum Gasteiger partial charge on any atom is -0.463 e. The van der Waals surface area contributed by atoms with Crippen LogP contribution in [0.25, 0.3) is 0 Å². The van der Waals surface area contributed by atoms with Crippen molar-refractivity contribution < 1.29 is 49.0 Å². The van der Waals surface area contributed by atoms with Crippen LogP contribution in [-0.4, -0.2) is 62.2 Å². The molecule has 0 aliphatic carbocycles. The van der Waals surface area contributed by atoms with E-state index in [1.54, 1.807) is 47.4 Å². The fraction of sp³-hybridized carbons (Fsp3) is 0.711. The summed E-state index contributed by atoms with van der Waals surface area (Å²) in [5, 5.41) is 7.27. The van der Waals surface area contributed by atoms with E-state index >= 15 is 0 Å². The van der Waals surface area contributed by atoms with Crippen LogP contribution in [-0.2, 0) is 49.0 Å². The number of rotatable bonds is 10. The molecule has 314 valence electrons. The third-order valence-corrected chi connectivity index (χ3v) is 10.6. The summed E-state index contributed by atoms with van der Waals surface area (Å²) in [6.07, 6.45) is 4.01. The van der Waals surface area contributed by atoms with Crippen LogP contribution < -0.4 is 5.32 Å². The number of thiol groups is 3. The first-order valence-electron chi connectivity index (χ1n) is 15.9. The molecule has 1 N–H and O–H groups in total. The largest absolute Gasteiger partial charge is 2.00 e. The first kappa shape index (κ1) is 83.8. The number of ether oxygens (including phenoxy) is 2. The third kappa shape index (κ3) is 99.6. The van der Waals surface area contributed by atoms with Crippen molar-refractivity contribution in [1.29, 1.82) is 0 Å². The molecular formula is C38H89NO6S3Si2W. The van der Waals surface area contributed by atoms with Crippen molar-refractivity contribution in [3.05, 3.63) is 47.8 Å². The maximum atomic E-state index is 10.9. The summed E-state index contributed by atoms with van der Waals surface area (Å²) in [5.41, 5.74) is 2.66. The summed E-state index contributed by atoms with van der Waals surface area (Å²) in [6, 6.07) is 0. The van der Waals surface area contributed by atoms with Gasteiger partial charge in [-0.05, 0) is 108 Å². The number of allylic oxidation sites excluding steroid dienone is 2. The molecule has 0 rings (SSSR count). The van der Waals surface area contributed by atoms with Crippen LogP contribution in [0.5, 0.6) is 0 Å². The van der Waals surface area contributed by atoms with Crippen LogP contribution in [0.3, 0.4) is 0 Å². The summed E-state index contributed by atoms with van der Waals surface area (Å²) in [4.78, 5) is 31.2. The number of hydrogen-bond acceptors (Lipinski definition) is 9. The number of carbonyl (C=O) groups is 3. The fourth-order valence-corrected chi connectivity index (χ4v) is 10.2. The predicted octanol–water partition coefficient (Wildman–Crippen LogP) is 12.7. The summed E-state index contributed by atoms with van der Waals surface area (Å²) in [5.74, 6) is 0.721. The number of hydrogen-bond donors (Lipinski definition) is 4. The van der Waals surface area contributed by atoms with Gasteiger partial charge in [-0.15, -0.1) is 0 Å². The molecule has 0 fully saturated rings. The van der Waals surface area contributed by atoms with Crippen LogP contribution in [0.4, 0.5) is 0 Å². The zero-order valence-electron chi connectivity index (χ0n) is 35.5. The quantitative estimate of drug-likeness (QED) is 0.0573. The number of ketones is 1. The summed E-state index contributed by atoms with van der Waals surface area (Å²) in [7, 11) is 2.39. The van der Waals surface area contributed by atoms with Gasteiger partial charge in [-0.2, -0.15) is 37.9 Å². The van der Waals surface area contributed by atoms with E-state index in [4.69, 9.17) is 4.12 Å². The molecule has 1 amide bonds. The molecule has 0 aliphatic rings. The molecule has 51 heavy (non-hydrogen) atoms. The maximum absolute atomic E-state index is 10.9. The van der Waals surface area contributed by atoms with Crippen molar-refractivity contribution in [2.45, 2.75) is 149 Å². The van der Waals surface area contributed by atoms with Gasteiger partial charge in [0.25, 0.3) is 0 Å². The van der Waals surface area contributed by atoms with E-state index in [0.29, 0.717) is 18.6 Å². The van der Waals surface area contributed by atoms with Gasteiger partial charge in [0, 0.05) is 40.2 Å². The molecular weight excluding hydrogens is 903 g/mol. The molecule has 7 nitrogen and oxygen atoms in total. The second-order valence-electron chi connectivity index (χ2n) is 11.8. The number of nitrogens with one attached hydrogen (secondary N) is 1. The first-order chi connectivity index (χ1) is 21.0. The normalized spacial score (nSPS) is 10.4. The Hall–Kier alpha value is -0.0779. The molecule has 1 unspecified atom stereocenters. The Morgan fingerprint density at radius 2 is 1.10 bits per heavy atom. The van der Waals surface area contributed by atoms with Gasteiger partial charge >= 0.3 is 27.0 Å². The van der Waals surface area contributed by atoms with Gasteiger partial charge in [-0.25, -0.2) is 4.79 Å². The summed E-state index contributed by atoms with van der Waals surface area (Å²) >= 11 is 11.7. The van der Waals surface area contributed by atoms with Crippen LogP contribution in [0.15, 0.2) is 32.9 Å². The van der Waals surface area contributed by atoms with Crippen molar-refractivity contribution >= 4 is 72.2 Å². The Labute approximate surface area is 354 Å². The Kier molecular flexibility index (Phi) is 97.3. The predicted molar refractivity (Wildman–Crippen MR) is 247 cm³/mol. The molecule has 0 bridgehead atoms. The van der Waals surface area contributed by atoms with Gasteiger partial charge < -0.3 is 33.8 Å². The van der Waals surface area contributed by atoms with Gasteiger partial charge in [0.2, 0.25) is 5.91 Å². The average molecular weight is 992 g/mol. The molecule has 0 aromatic carbocycles. The molecule has 0 saturated carbocycles. The van der Waals surface area contributed by atoms with Gasteiger partial charge in [0.15, 0.2) is 22.4 Å². The number of amides is 1. The minimum atomic E-state index is -1.23. The van der Waals surface area contributed by atoms with Crippen molar-refractivity contribution in [2.75, 3.05) is 27.9 Å². The Balaban J connectivity index is -0.0000000355. The zero-order chi connectivity index (χ0) is 38.5. The minimum absolute atomic E-state index is 0. The van der Waals surface area contributed by atoms with Crippen molar-refractivity contribution in [3.63, 3.8) is 0 Å². The van der Waals surface area contributed by atoms with Crippen molar-refractivity contribution in [3.8, 4) is 0 Å². The van der Waals surface area contributed by atoms with E-state index in [1.165, 1.54) is 30.7 Å². The maximum Gasteiger partial charge on any atom is 2.00 e. The molecule has 0 aromatic rings. The number of esters is 1. The third-order valence-electron chi connectivity index (χ3n) is 4.45. The van der Waals surface area contributed by atoms with Crippen LogP contribution in [0, 0.1) is 20.8 Å². The second-order valence-corrected chi connectivity index (χ2v) is 21.8. The van der Waals surface area contributed by atoms with E-state index in [1.807, 2.05) is 26.2 Å². The second kappa shape index (κ2) is 59.2. The van der Waals surface area contributed by atoms with E-state index in [9.17, 15) is 14.4 Å². The van der Waals surface area contributed by atoms with E-state index < -0.39 is 16.6 Å². The molecule has 0 heterocycles. The monoisotopic (exact) mass is 991 g/mol. The topological polar surface area (TPSA) is 90.9 Å². The average Bonchev–Trinajstić information content (AvgIpc) is 2.97. The van der Waals surface area contributed by atoms with Gasteiger partial charge in [0.05, 0.1) is 6.61 Å². The van der Waals surface area contributed by atoms with Crippen LogP contribution in [0.2, 0.25) is 39.3 Å². The van der Waals surface area contributed by atoms with E-state index in [2.05, 4.69) is 113 Å². The van der Waals surface area contributed by atoms with Crippen LogP contribution in [0.1, 0.15) is 110 Å². The molecule has 0 aromatic heterocycles. The van der Waals surface area contributed by atoms with Crippen LogP contribution >= 0.6 is 37.9 Å². The van der Waals surface area contributed by atoms with E-state index in [0.717, 1.165) is 17.9 Å². The standard InChI is InChI=1S/C8H16S.C7H12OS.C6H10O2S.C6H18OSi2.C3H7NO.C2H6O.C2H6.2CH4.2CH3.W/c1-4-7(2)5-8(3)6-9;1-3-4-7(8)6(2)5-9;1-3-8-6(7)5(2)4-9;1-8(2,3)7-9(4,5)6;1-3(5)4-2;1-3-2;1-2;;;;;/h6-7,9H,4-5H2,1-3H3;5,9H,3-4H2,1-2H3;4,9H,3H2,1-2H3;1-6H3;1-2H3,(H,4,5);1-2H3;1-2H3;2*1H4;2*1H3;/q;;;;;;;;;2*-1;+2/b8-6+;6-5+;5-4+;;;;;;;;;. The van der Waals surface area contributed by atoms with Crippen molar-refractivity contribution in [2.24, 2.45) is 5.92 Å². The summed E-state index contributed by atoms with van der Waals surface area (Å²) in [6.45, 7) is 33.1. The molecule has 1 atom stereocenters. The first-order valence-corrected chi connectivity index (χ1v) is 24.3.